The van der Waals surface area contributed by atoms with Gasteiger partial charge in [0.1, 0.15) is 4.90 Å². The zero-order chi connectivity index (χ0) is 12.6. The highest BCUT2D eigenvalue weighted by Crippen LogP contribution is 2.26. The number of benzene rings is 1. The Hall–Kier alpha value is -1.11. The Kier molecular flexibility index (Phi) is 3.11. The molecule has 7 heteroatoms. The number of carboxylic acids is 1. The van der Waals surface area contributed by atoms with Gasteiger partial charge in [-0.3, -0.25) is 0 Å². The zero-order valence-corrected chi connectivity index (χ0v) is 10.3. The molecule has 2 N–H and O–H groups in total. The normalized spacial score (nSPS) is 15.8. The predicted molar refractivity (Wildman–Crippen MR) is 61.8 cm³/mol. The maximum atomic E-state index is 11.8. The number of carboxylic acid groups (broad SMARTS) is 1. The summed E-state index contributed by atoms with van der Waals surface area (Å²) in [7, 11) is -3.65. The third-order valence-electron chi connectivity index (χ3n) is 2.37. The van der Waals surface area contributed by atoms with Gasteiger partial charge in [0.2, 0.25) is 10.0 Å². The number of carbonyl (C=O) groups is 1. The molecule has 5 nitrogen and oxygen atoms in total. The summed E-state index contributed by atoms with van der Waals surface area (Å²) < 4.78 is 26.2. The van der Waals surface area contributed by atoms with Crippen LogP contribution in [0.25, 0.3) is 0 Å². The molecule has 2 rings (SSSR count). The monoisotopic (exact) mass is 275 g/mol. The second-order valence-corrected chi connectivity index (χ2v) is 5.94. The van der Waals surface area contributed by atoms with Crippen molar-refractivity contribution in [1.29, 1.82) is 0 Å². The molecular formula is C10H10ClNO4S. The molecule has 0 bridgehead atoms. The average Bonchev–Trinajstić information content (AvgIpc) is 3.00. The molecule has 0 heterocycles. The second-order valence-electron chi connectivity index (χ2n) is 3.85. The van der Waals surface area contributed by atoms with E-state index in [9.17, 15) is 13.2 Å². The molecule has 0 aliphatic heterocycles. The molecule has 0 radical (unpaired) electrons. The van der Waals surface area contributed by atoms with Crippen LogP contribution in [-0.2, 0) is 10.0 Å². The van der Waals surface area contributed by atoms with E-state index in [1.54, 1.807) is 0 Å². The van der Waals surface area contributed by atoms with Crippen molar-refractivity contribution < 1.29 is 18.3 Å². The molecule has 1 aliphatic rings. The number of sulfonamides is 1. The topological polar surface area (TPSA) is 83.5 Å². The van der Waals surface area contributed by atoms with Crippen LogP contribution in [0.3, 0.4) is 0 Å². The van der Waals surface area contributed by atoms with E-state index in [0.29, 0.717) is 0 Å². The Morgan fingerprint density at radius 3 is 2.53 bits per heavy atom. The Bertz CT molecular complexity index is 566. The van der Waals surface area contributed by atoms with Crippen LogP contribution in [0.2, 0.25) is 5.02 Å². The van der Waals surface area contributed by atoms with Crippen molar-refractivity contribution in [1.82, 2.24) is 4.72 Å². The number of nitrogens with one attached hydrogen (secondary N) is 1. The van der Waals surface area contributed by atoms with E-state index in [1.165, 1.54) is 12.1 Å². The van der Waals surface area contributed by atoms with Gasteiger partial charge in [-0.1, -0.05) is 11.6 Å². The van der Waals surface area contributed by atoms with E-state index >= 15 is 0 Å². The van der Waals surface area contributed by atoms with Crippen LogP contribution in [0.15, 0.2) is 23.1 Å². The summed E-state index contributed by atoms with van der Waals surface area (Å²) in [4.78, 5) is 10.6. The molecule has 0 amide bonds. The third kappa shape index (κ3) is 2.77. The van der Waals surface area contributed by atoms with Gasteiger partial charge in [-0.05, 0) is 31.0 Å². The van der Waals surface area contributed by atoms with Gasteiger partial charge in [0, 0.05) is 6.04 Å². The van der Waals surface area contributed by atoms with Gasteiger partial charge in [0.25, 0.3) is 0 Å². The molecule has 1 aromatic carbocycles. The van der Waals surface area contributed by atoms with Gasteiger partial charge in [-0.2, -0.15) is 0 Å². The molecule has 0 atom stereocenters. The molecular weight excluding hydrogens is 266 g/mol. The molecule has 1 aliphatic carbocycles. The summed E-state index contributed by atoms with van der Waals surface area (Å²) in [5.41, 5.74) is -0.0413. The van der Waals surface area contributed by atoms with Crippen LogP contribution in [-0.4, -0.2) is 25.5 Å². The quantitative estimate of drug-likeness (QED) is 0.872. The Morgan fingerprint density at radius 1 is 1.41 bits per heavy atom. The fourth-order valence-corrected chi connectivity index (χ4v) is 3.19. The lowest BCUT2D eigenvalue weighted by Crippen LogP contribution is -2.26. The van der Waals surface area contributed by atoms with Crippen LogP contribution < -0.4 is 4.72 Å². The van der Waals surface area contributed by atoms with Crippen LogP contribution in [0.5, 0.6) is 0 Å². The highest BCUT2D eigenvalue weighted by atomic mass is 35.5. The minimum absolute atomic E-state index is 0.0183. The van der Waals surface area contributed by atoms with Gasteiger partial charge in [-0.25, -0.2) is 17.9 Å². The maximum Gasteiger partial charge on any atom is 0.335 e. The van der Waals surface area contributed by atoms with E-state index in [2.05, 4.69) is 4.72 Å². The first kappa shape index (κ1) is 12.3. The van der Waals surface area contributed by atoms with Crippen molar-refractivity contribution >= 4 is 27.6 Å². The molecule has 1 aromatic rings. The van der Waals surface area contributed by atoms with Crippen LogP contribution in [0.1, 0.15) is 23.2 Å². The van der Waals surface area contributed by atoms with Crippen LogP contribution in [0.4, 0.5) is 0 Å². The molecule has 0 spiro atoms. The third-order valence-corrected chi connectivity index (χ3v) is 4.37. The molecule has 0 saturated heterocycles. The van der Waals surface area contributed by atoms with Crippen molar-refractivity contribution in [3.63, 3.8) is 0 Å². The van der Waals surface area contributed by atoms with E-state index in [0.717, 1.165) is 18.9 Å². The summed E-state index contributed by atoms with van der Waals surface area (Å²) >= 11 is 5.78. The van der Waals surface area contributed by atoms with E-state index < -0.39 is 16.0 Å². The first-order valence-corrected chi connectivity index (χ1v) is 6.81. The van der Waals surface area contributed by atoms with Crippen molar-refractivity contribution in [3.8, 4) is 0 Å². The SMILES string of the molecule is O=C(O)c1ccc(S(=O)(=O)NC2CC2)c(Cl)c1. The fourth-order valence-electron chi connectivity index (χ4n) is 1.34. The fraction of sp³-hybridized carbons (Fsp3) is 0.300. The first-order valence-electron chi connectivity index (χ1n) is 4.95. The summed E-state index contributed by atoms with van der Waals surface area (Å²) in [5.74, 6) is -1.15. The molecule has 1 saturated carbocycles. The largest absolute Gasteiger partial charge is 0.478 e. The minimum Gasteiger partial charge on any atom is -0.478 e. The van der Waals surface area contributed by atoms with Crippen LogP contribution in [0, 0.1) is 0 Å². The number of halogens is 1. The molecule has 92 valence electrons. The van der Waals surface area contributed by atoms with E-state index in [1.807, 2.05) is 0 Å². The second kappa shape index (κ2) is 4.29. The zero-order valence-electron chi connectivity index (χ0n) is 8.68. The Balaban J connectivity index is 2.35. The van der Waals surface area contributed by atoms with Gasteiger partial charge < -0.3 is 5.11 Å². The summed E-state index contributed by atoms with van der Waals surface area (Å²) in [5, 5.41) is 8.65. The van der Waals surface area contributed by atoms with Crippen molar-refractivity contribution in [2.45, 2.75) is 23.8 Å². The van der Waals surface area contributed by atoms with Gasteiger partial charge in [0.15, 0.2) is 0 Å². The summed E-state index contributed by atoms with van der Waals surface area (Å²) in [6, 6.07) is 3.53. The molecule has 0 unspecified atom stereocenters. The number of aromatic carboxylic acids is 1. The molecule has 1 fully saturated rings. The Labute approximate surface area is 103 Å². The smallest absolute Gasteiger partial charge is 0.335 e. The van der Waals surface area contributed by atoms with Gasteiger partial charge in [-0.15, -0.1) is 0 Å². The van der Waals surface area contributed by atoms with Crippen molar-refractivity contribution in [3.05, 3.63) is 28.8 Å². The summed E-state index contributed by atoms with van der Waals surface area (Å²) in [6.45, 7) is 0. The van der Waals surface area contributed by atoms with Crippen LogP contribution >= 0.6 is 11.6 Å². The highest BCUT2D eigenvalue weighted by Gasteiger charge is 2.29. The number of rotatable bonds is 4. The Morgan fingerprint density at radius 2 is 2.06 bits per heavy atom. The minimum atomic E-state index is -3.65. The van der Waals surface area contributed by atoms with Crippen molar-refractivity contribution in [2.24, 2.45) is 0 Å². The number of hydrogen-bond acceptors (Lipinski definition) is 3. The van der Waals surface area contributed by atoms with Gasteiger partial charge >= 0.3 is 5.97 Å². The first-order chi connectivity index (χ1) is 7.90. The maximum absolute atomic E-state index is 11.8. The lowest BCUT2D eigenvalue weighted by molar-refractivity contribution is 0.0696. The lowest BCUT2D eigenvalue weighted by atomic mass is 10.2. The standard InChI is InChI=1S/C10H10ClNO4S/c11-8-5-6(10(13)14)1-4-9(8)17(15,16)12-7-2-3-7/h1,4-5,7,12H,2-3H2,(H,13,14). The predicted octanol–water partition coefficient (Wildman–Crippen LogP) is 1.48. The lowest BCUT2D eigenvalue weighted by Gasteiger charge is -2.07. The van der Waals surface area contributed by atoms with Crippen molar-refractivity contribution in [2.75, 3.05) is 0 Å². The molecule has 17 heavy (non-hydrogen) atoms. The molecule has 0 aromatic heterocycles. The average molecular weight is 276 g/mol. The van der Waals surface area contributed by atoms with E-state index in [4.69, 9.17) is 16.7 Å². The van der Waals surface area contributed by atoms with E-state index in [-0.39, 0.29) is 21.5 Å². The highest BCUT2D eigenvalue weighted by molar-refractivity contribution is 7.89. The van der Waals surface area contributed by atoms with Gasteiger partial charge in [0.05, 0.1) is 10.6 Å². The number of hydrogen-bond donors (Lipinski definition) is 2. The summed E-state index contributed by atoms with van der Waals surface area (Å²) in [6.07, 6.45) is 1.65.